The smallest absolute Gasteiger partial charge is 0.358 e. The maximum atomic E-state index is 12.9. The summed E-state index contributed by atoms with van der Waals surface area (Å²) in [5.41, 5.74) is -1.54. The molecule has 1 amide bonds. The van der Waals surface area contributed by atoms with Crippen molar-refractivity contribution in [1.82, 2.24) is 10.1 Å². The van der Waals surface area contributed by atoms with Gasteiger partial charge in [0, 0.05) is 12.3 Å². The number of hydrogen-bond acceptors (Lipinski definition) is 4. The number of nitrogens with one attached hydrogen (secondary N) is 1. The summed E-state index contributed by atoms with van der Waals surface area (Å²) < 4.78 is 44.1. The van der Waals surface area contributed by atoms with E-state index in [-0.39, 0.29) is 18.0 Å². The molecule has 0 radical (unpaired) electrons. The third-order valence-electron chi connectivity index (χ3n) is 3.26. The van der Waals surface area contributed by atoms with Crippen LogP contribution in [0.2, 0.25) is 0 Å². The van der Waals surface area contributed by atoms with Gasteiger partial charge >= 0.3 is 6.18 Å². The van der Waals surface area contributed by atoms with E-state index in [0.717, 1.165) is 19.9 Å². The Morgan fingerprint density at radius 1 is 1.35 bits per heavy atom. The molecule has 0 unspecified atom stereocenters. The van der Waals surface area contributed by atoms with Crippen LogP contribution in [-0.4, -0.2) is 22.2 Å². The molecule has 0 aliphatic heterocycles. The van der Waals surface area contributed by atoms with Crippen LogP contribution in [0.5, 0.6) is 0 Å². The molecule has 2 heterocycles. The van der Waals surface area contributed by atoms with Crippen LogP contribution in [0.3, 0.4) is 0 Å². The predicted molar refractivity (Wildman–Crippen MR) is 79.9 cm³/mol. The molecule has 9 heteroatoms. The first-order chi connectivity index (χ1) is 10.6. The minimum atomic E-state index is -4.49. The number of alkyl halides is 3. The van der Waals surface area contributed by atoms with Crippen molar-refractivity contribution in [3.8, 4) is 0 Å². The lowest BCUT2D eigenvalue weighted by molar-refractivity contribution is -0.185. The van der Waals surface area contributed by atoms with Crippen molar-refractivity contribution in [2.24, 2.45) is 0 Å². The number of halogens is 4. The molecule has 0 saturated carbocycles. The first-order valence-electron chi connectivity index (χ1n) is 6.54. The molecule has 0 aromatic carbocycles. The topological polar surface area (TPSA) is 68.0 Å². The van der Waals surface area contributed by atoms with Gasteiger partial charge in [-0.3, -0.25) is 4.79 Å². The van der Waals surface area contributed by atoms with E-state index in [4.69, 9.17) is 4.52 Å². The van der Waals surface area contributed by atoms with Gasteiger partial charge in [0.15, 0.2) is 11.6 Å². The fraction of sp³-hybridized carbons (Fsp3) is 0.357. The van der Waals surface area contributed by atoms with Gasteiger partial charge in [0.25, 0.3) is 0 Å². The molecule has 0 saturated heterocycles. The fourth-order valence-corrected chi connectivity index (χ4v) is 1.89. The van der Waals surface area contributed by atoms with Gasteiger partial charge in [0.05, 0.1) is 6.42 Å². The number of nitrogens with zero attached hydrogens (tertiary/aromatic N) is 2. The molecule has 0 spiro atoms. The summed E-state index contributed by atoms with van der Waals surface area (Å²) >= 11 is 3.18. The first kappa shape index (κ1) is 17.5. The SMILES string of the molecule is CC(C)(c1cc(NC(=O)Cc2ccc(Br)nc2)no1)C(F)(F)F. The third-order valence-corrected chi connectivity index (χ3v) is 3.72. The maximum Gasteiger partial charge on any atom is 0.401 e. The van der Waals surface area contributed by atoms with Crippen LogP contribution in [0.1, 0.15) is 25.2 Å². The Morgan fingerprint density at radius 3 is 2.61 bits per heavy atom. The van der Waals surface area contributed by atoms with Crippen LogP contribution in [-0.2, 0) is 16.6 Å². The highest BCUT2D eigenvalue weighted by Crippen LogP contribution is 2.40. The van der Waals surface area contributed by atoms with Gasteiger partial charge in [-0.15, -0.1) is 0 Å². The molecule has 2 aromatic heterocycles. The molecule has 2 rings (SSSR count). The second kappa shape index (κ2) is 6.31. The molecule has 124 valence electrons. The summed E-state index contributed by atoms with van der Waals surface area (Å²) in [6.45, 7) is 1.96. The van der Waals surface area contributed by atoms with Gasteiger partial charge in [-0.1, -0.05) is 11.2 Å². The summed E-state index contributed by atoms with van der Waals surface area (Å²) in [6.07, 6.45) is -2.95. The summed E-state index contributed by atoms with van der Waals surface area (Å²) in [5.74, 6) is -0.864. The van der Waals surface area contributed by atoms with Crippen LogP contribution >= 0.6 is 15.9 Å². The van der Waals surface area contributed by atoms with Crippen LogP contribution in [0.25, 0.3) is 0 Å². The molecule has 2 aromatic rings. The standard InChI is InChI=1S/C14H13BrF3N3O2/c1-13(2,14(16,17)18)9-6-11(21-23-9)20-12(22)5-8-3-4-10(15)19-7-8/h3-4,6-7H,5H2,1-2H3,(H,20,21,22). The minimum absolute atomic E-state index is 0.0190. The summed E-state index contributed by atoms with van der Waals surface area (Å²) in [5, 5.41) is 5.86. The Kier molecular flexibility index (Phi) is 4.79. The van der Waals surface area contributed by atoms with E-state index >= 15 is 0 Å². The zero-order valence-electron chi connectivity index (χ0n) is 12.2. The normalized spacial score (nSPS) is 12.3. The van der Waals surface area contributed by atoms with E-state index < -0.39 is 17.5 Å². The van der Waals surface area contributed by atoms with Gasteiger partial charge < -0.3 is 9.84 Å². The minimum Gasteiger partial charge on any atom is -0.358 e. The van der Waals surface area contributed by atoms with Crippen molar-refractivity contribution < 1.29 is 22.5 Å². The third kappa shape index (κ3) is 4.10. The number of hydrogen-bond donors (Lipinski definition) is 1. The van der Waals surface area contributed by atoms with E-state index in [1.165, 1.54) is 6.20 Å². The number of anilines is 1. The highest BCUT2D eigenvalue weighted by Gasteiger charge is 2.51. The van der Waals surface area contributed by atoms with Gasteiger partial charge in [-0.05, 0) is 41.4 Å². The molecule has 0 bridgehead atoms. The second-order valence-electron chi connectivity index (χ2n) is 5.41. The number of aromatic nitrogens is 2. The summed E-state index contributed by atoms with van der Waals surface area (Å²) in [7, 11) is 0. The molecule has 23 heavy (non-hydrogen) atoms. The lowest BCUT2D eigenvalue weighted by atomic mass is 9.89. The van der Waals surface area contributed by atoms with E-state index in [9.17, 15) is 18.0 Å². The molecule has 1 N–H and O–H groups in total. The quantitative estimate of drug-likeness (QED) is 0.803. The van der Waals surface area contributed by atoms with Crippen LogP contribution in [0.15, 0.2) is 33.5 Å². The van der Waals surface area contributed by atoms with Crippen molar-refractivity contribution in [2.45, 2.75) is 31.9 Å². The number of amides is 1. The molecule has 5 nitrogen and oxygen atoms in total. The molecule has 0 aliphatic rings. The fourth-order valence-electron chi connectivity index (χ4n) is 1.65. The van der Waals surface area contributed by atoms with E-state index in [0.29, 0.717) is 10.2 Å². The van der Waals surface area contributed by atoms with E-state index in [1.54, 1.807) is 12.1 Å². The van der Waals surface area contributed by atoms with Crippen LogP contribution < -0.4 is 5.32 Å². The molecular weight excluding hydrogens is 379 g/mol. The Balaban J connectivity index is 2.04. The van der Waals surface area contributed by atoms with E-state index in [2.05, 4.69) is 31.4 Å². The Bertz CT molecular complexity index is 696. The van der Waals surface area contributed by atoms with Gasteiger partial charge in [0.1, 0.15) is 10.0 Å². The van der Waals surface area contributed by atoms with Crippen molar-refractivity contribution in [2.75, 3.05) is 5.32 Å². The molecule has 0 fully saturated rings. The Morgan fingerprint density at radius 2 is 2.04 bits per heavy atom. The number of carbonyl (C=O) groups excluding carboxylic acids is 1. The highest BCUT2D eigenvalue weighted by atomic mass is 79.9. The van der Waals surface area contributed by atoms with Crippen LogP contribution in [0, 0.1) is 0 Å². The monoisotopic (exact) mass is 391 g/mol. The lowest BCUT2D eigenvalue weighted by Crippen LogP contribution is -2.35. The maximum absolute atomic E-state index is 12.9. The summed E-state index contributed by atoms with van der Waals surface area (Å²) in [6, 6.07) is 4.46. The predicted octanol–water partition coefficient (Wildman–Crippen LogP) is 3.85. The number of rotatable bonds is 4. The van der Waals surface area contributed by atoms with Gasteiger partial charge in [-0.25, -0.2) is 4.98 Å². The van der Waals surface area contributed by atoms with Crippen LogP contribution in [0.4, 0.5) is 19.0 Å². The van der Waals surface area contributed by atoms with E-state index in [1.807, 2.05) is 0 Å². The average molecular weight is 392 g/mol. The number of pyridine rings is 1. The Labute approximate surface area is 138 Å². The van der Waals surface area contributed by atoms with Crippen molar-refractivity contribution in [1.29, 1.82) is 0 Å². The lowest BCUT2D eigenvalue weighted by Gasteiger charge is -2.24. The number of carbonyl (C=O) groups is 1. The first-order valence-corrected chi connectivity index (χ1v) is 7.33. The Hall–Kier alpha value is -1.90. The molecular formula is C14H13BrF3N3O2. The zero-order valence-corrected chi connectivity index (χ0v) is 13.8. The summed E-state index contributed by atoms with van der Waals surface area (Å²) in [4.78, 5) is 15.8. The molecule has 0 atom stereocenters. The zero-order chi connectivity index (χ0) is 17.3. The van der Waals surface area contributed by atoms with Crippen molar-refractivity contribution >= 4 is 27.7 Å². The van der Waals surface area contributed by atoms with Gasteiger partial charge in [0.2, 0.25) is 5.91 Å². The van der Waals surface area contributed by atoms with Crippen molar-refractivity contribution in [3.63, 3.8) is 0 Å². The molecule has 0 aliphatic carbocycles. The largest absolute Gasteiger partial charge is 0.401 e. The van der Waals surface area contributed by atoms with Gasteiger partial charge in [-0.2, -0.15) is 13.2 Å². The second-order valence-corrected chi connectivity index (χ2v) is 6.23. The highest BCUT2D eigenvalue weighted by molar-refractivity contribution is 9.10. The average Bonchev–Trinajstić information content (AvgIpc) is 2.89. The van der Waals surface area contributed by atoms with Crippen molar-refractivity contribution in [3.05, 3.63) is 40.3 Å².